The first kappa shape index (κ1) is 19.5. The summed E-state index contributed by atoms with van der Waals surface area (Å²) in [5.74, 6) is 0.772. The maximum atomic E-state index is 12.3. The number of carbonyl (C=O) groups excluding carboxylic acids is 1. The molecule has 6 nitrogen and oxygen atoms in total. The van der Waals surface area contributed by atoms with Crippen LogP contribution in [0.5, 0.6) is 0 Å². The molecule has 0 spiro atoms. The molecule has 0 unspecified atom stereocenters. The molecule has 0 saturated heterocycles. The van der Waals surface area contributed by atoms with Gasteiger partial charge in [-0.1, -0.05) is 18.2 Å². The summed E-state index contributed by atoms with van der Waals surface area (Å²) in [4.78, 5) is 25.5. The van der Waals surface area contributed by atoms with Gasteiger partial charge in [-0.2, -0.15) is 0 Å². The zero-order chi connectivity index (χ0) is 19.9. The van der Waals surface area contributed by atoms with Crippen molar-refractivity contribution in [2.45, 2.75) is 27.2 Å². The Hall–Kier alpha value is -3.28. The van der Waals surface area contributed by atoms with E-state index >= 15 is 0 Å². The molecule has 1 amide bonds. The van der Waals surface area contributed by atoms with Crippen molar-refractivity contribution in [1.29, 1.82) is 0 Å². The van der Waals surface area contributed by atoms with Crippen molar-refractivity contribution in [3.05, 3.63) is 71.3 Å². The molecule has 0 atom stereocenters. The van der Waals surface area contributed by atoms with E-state index in [9.17, 15) is 4.79 Å². The Bertz CT molecular complexity index is 936. The lowest BCUT2D eigenvalue weighted by molar-refractivity contribution is 0.0953. The third kappa shape index (κ3) is 5.13. The highest BCUT2D eigenvalue weighted by atomic mass is 16.1. The van der Waals surface area contributed by atoms with Crippen molar-refractivity contribution in [3.8, 4) is 11.3 Å². The van der Waals surface area contributed by atoms with Gasteiger partial charge in [-0.05, 0) is 51.0 Å². The molecule has 144 valence electrons. The number of amides is 1. The van der Waals surface area contributed by atoms with Crippen LogP contribution in [0.25, 0.3) is 11.3 Å². The van der Waals surface area contributed by atoms with Crippen LogP contribution in [-0.4, -0.2) is 33.9 Å². The fourth-order valence-electron chi connectivity index (χ4n) is 2.77. The lowest BCUT2D eigenvalue weighted by Crippen LogP contribution is -2.25. The number of nitrogens with zero attached hydrogens (tertiary/aromatic N) is 3. The first-order valence-corrected chi connectivity index (χ1v) is 9.38. The second kappa shape index (κ2) is 9.08. The highest BCUT2D eigenvalue weighted by Crippen LogP contribution is 2.20. The zero-order valence-electron chi connectivity index (χ0n) is 16.5. The summed E-state index contributed by atoms with van der Waals surface area (Å²) in [7, 11) is 0. The van der Waals surface area contributed by atoms with E-state index in [0.717, 1.165) is 47.0 Å². The quantitative estimate of drug-likeness (QED) is 0.616. The van der Waals surface area contributed by atoms with Crippen LogP contribution in [0, 0.1) is 20.8 Å². The minimum atomic E-state index is -0.0768. The summed E-state index contributed by atoms with van der Waals surface area (Å²) in [5.41, 5.74) is 5.32. The number of anilines is 1. The van der Waals surface area contributed by atoms with Crippen LogP contribution in [0.3, 0.4) is 0 Å². The van der Waals surface area contributed by atoms with Crippen molar-refractivity contribution in [3.63, 3.8) is 0 Å². The van der Waals surface area contributed by atoms with Gasteiger partial charge in [-0.3, -0.25) is 9.78 Å². The fourth-order valence-corrected chi connectivity index (χ4v) is 2.77. The largest absolute Gasteiger partial charge is 0.370 e. The first-order chi connectivity index (χ1) is 13.5. The summed E-state index contributed by atoms with van der Waals surface area (Å²) >= 11 is 0. The molecule has 2 heterocycles. The number of aryl methyl sites for hydroxylation is 3. The van der Waals surface area contributed by atoms with Gasteiger partial charge in [0.2, 0.25) is 0 Å². The molecular weight excluding hydrogens is 350 g/mol. The number of hydrogen-bond acceptors (Lipinski definition) is 5. The van der Waals surface area contributed by atoms with E-state index in [1.165, 1.54) is 0 Å². The van der Waals surface area contributed by atoms with Crippen LogP contribution < -0.4 is 10.6 Å². The number of hydrogen-bond donors (Lipinski definition) is 2. The monoisotopic (exact) mass is 375 g/mol. The van der Waals surface area contributed by atoms with Crippen molar-refractivity contribution >= 4 is 11.7 Å². The van der Waals surface area contributed by atoms with Crippen LogP contribution in [0.1, 0.15) is 33.7 Å². The summed E-state index contributed by atoms with van der Waals surface area (Å²) in [6, 6.07) is 11.4. The lowest BCUT2D eigenvalue weighted by Gasteiger charge is -2.09. The number of aromatic nitrogens is 3. The van der Waals surface area contributed by atoms with E-state index in [-0.39, 0.29) is 5.91 Å². The molecule has 0 aliphatic carbocycles. The normalized spacial score (nSPS) is 10.5. The number of pyridine rings is 1. The standard InChI is InChI=1S/C22H25N5O/c1-15-5-10-20(26-13-15)23-11-4-12-24-22(28)19-8-6-18(7-9-19)21-17(3)25-14-16(2)27-21/h5-10,13-14H,4,11-12H2,1-3H3,(H,23,26)(H,24,28). The zero-order valence-corrected chi connectivity index (χ0v) is 16.5. The minimum Gasteiger partial charge on any atom is -0.370 e. The Balaban J connectivity index is 1.48. The first-order valence-electron chi connectivity index (χ1n) is 9.38. The second-order valence-corrected chi connectivity index (χ2v) is 6.78. The van der Waals surface area contributed by atoms with E-state index in [1.54, 1.807) is 6.20 Å². The molecule has 0 saturated carbocycles. The molecule has 0 fully saturated rings. The van der Waals surface area contributed by atoms with Crippen LogP contribution in [-0.2, 0) is 0 Å². The number of carbonyl (C=O) groups is 1. The van der Waals surface area contributed by atoms with Crippen molar-refractivity contribution in [2.75, 3.05) is 18.4 Å². The molecule has 3 aromatic rings. The van der Waals surface area contributed by atoms with E-state index < -0.39 is 0 Å². The smallest absolute Gasteiger partial charge is 0.251 e. The molecular formula is C22H25N5O. The van der Waals surface area contributed by atoms with E-state index in [4.69, 9.17) is 0 Å². The van der Waals surface area contributed by atoms with Crippen LogP contribution in [0.15, 0.2) is 48.8 Å². The molecule has 2 N–H and O–H groups in total. The van der Waals surface area contributed by atoms with Gasteiger partial charge in [-0.15, -0.1) is 0 Å². The van der Waals surface area contributed by atoms with E-state index in [1.807, 2.05) is 63.4 Å². The van der Waals surface area contributed by atoms with Gasteiger partial charge in [0.25, 0.3) is 5.91 Å². The van der Waals surface area contributed by atoms with Gasteiger partial charge in [0, 0.05) is 36.6 Å². The van der Waals surface area contributed by atoms with E-state index in [0.29, 0.717) is 12.1 Å². The molecule has 2 aromatic heterocycles. The van der Waals surface area contributed by atoms with Crippen LogP contribution in [0.4, 0.5) is 5.82 Å². The average molecular weight is 375 g/mol. The fraction of sp³-hybridized carbons (Fsp3) is 0.273. The Kier molecular flexibility index (Phi) is 6.32. The van der Waals surface area contributed by atoms with Gasteiger partial charge in [0.05, 0.1) is 17.1 Å². The van der Waals surface area contributed by atoms with E-state index in [2.05, 4.69) is 25.6 Å². The maximum Gasteiger partial charge on any atom is 0.251 e. The van der Waals surface area contributed by atoms with Gasteiger partial charge in [0.1, 0.15) is 5.82 Å². The van der Waals surface area contributed by atoms with Crippen molar-refractivity contribution < 1.29 is 4.79 Å². The molecule has 28 heavy (non-hydrogen) atoms. The molecule has 0 bridgehead atoms. The summed E-state index contributed by atoms with van der Waals surface area (Å²) in [6.07, 6.45) is 4.40. The summed E-state index contributed by atoms with van der Waals surface area (Å²) < 4.78 is 0. The summed E-state index contributed by atoms with van der Waals surface area (Å²) in [5, 5.41) is 6.19. The Morgan fingerprint density at radius 1 is 0.929 bits per heavy atom. The molecule has 6 heteroatoms. The minimum absolute atomic E-state index is 0.0768. The second-order valence-electron chi connectivity index (χ2n) is 6.78. The number of nitrogens with one attached hydrogen (secondary N) is 2. The SMILES string of the molecule is Cc1ccc(NCCCNC(=O)c2ccc(-c3nc(C)cnc3C)cc2)nc1. The Morgan fingerprint density at radius 2 is 1.71 bits per heavy atom. The lowest BCUT2D eigenvalue weighted by atomic mass is 10.1. The highest BCUT2D eigenvalue weighted by Gasteiger charge is 2.08. The topological polar surface area (TPSA) is 79.8 Å². The third-order valence-corrected chi connectivity index (χ3v) is 4.35. The van der Waals surface area contributed by atoms with Gasteiger partial charge in [-0.25, -0.2) is 9.97 Å². The van der Waals surface area contributed by atoms with Gasteiger partial charge >= 0.3 is 0 Å². The van der Waals surface area contributed by atoms with Crippen LogP contribution >= 0.6 is 0 Å². The van der Waals surface area contributed by atoms with Crippen molar-refractivity contribution in [2.24, 2.45) is 0 Å². The highest BCUT2D eigenvalue weighted by molar-refractivity contribution is 5.94. The third-order valence-electron chi connectivity index (χ3n) is 4.35. The number of rotatable bonds is 7. The van der Waals surface area contributed by atoms with Gasteiger partial charge < -0.3 is 10.6 Å². The average Bonchev–Trinajstić information content (AvgIpc) is 2.71. The molecule has 0 aliphatic heterocycles. The Labute approximate surface area is 165 Å². The Morgan fingerprint density at radius 3 is 2.43 bits per heavy atom. The van der Waals surface area contributed by atoms with Gasteiger partial charge in [0.15, 0.2) is 0 Å². The predicted octanol–water partition coefficient (Wildman–Crippen LogP) is 3.70. The molecule has 1 aromatic carbocycles. The predicted molar refractivity (Wildman–Crippen MR) is 111 cm³/mol. The maximum absolute atomic E-state index is 12.3. The summed E-state index contributed by atoms with van der Waals surface area (Å²) in [6.45, 7) is 7.21. The molecule has 0 radical (unpaired) electrons. The molecule has 3 rings (SSSR count). The van der Waals surface area contributed by atoms with Crippen molar-refractivity contribution in [1.82, 2.24) is 20.3 Å². The molecule has 0 aliphatic rings. The van der Waals surface area contributed by atoms with Crippen LogP contribution in [0.2, 0.25) is 0 Å². The number of benzene rings is 1.